The zero-order chi connectivity index (χ0) is 15.3. The second-order valence-corrected chi connectivity index (χ2v) is 5.05. The number of aromatic nitrogens is 2. The molecule has 1 heterocycles. The van der Waals surface area contributed by atoms with E-state index in [-0.39, 0.29) is 18.2 Å². The van der Waals surface area contributed by atoms with Crippen molar-refractivity contribution in [2.75, 3.05) is 0 Å². The maximum Gasteiger partial charge on any atom is 0.348 e. The van der Waals surface area contributed by atoms with Gasteiger partial charge in [-0.25, -0.2) is 4.79 Å². The Hall–Kier alpha value is -1.65. The fourth-order valence-corrected chi connectivity index (χ4v) is 2.70. The standard InChI is InChI=1S/C15H24N2O3/c1-5-8-10(4)17-13(7-3)11(9-14(18)19)12(6-2)16-15(17)20/h10H,5-9H2,1-4H3,(H,18,19). The monoisotopic (exact) mass is 280 g/mol. The third-order valence-corrected chi connectivity index (χ3v) is 3.57. The highest BCUT2D eigenvalue weighted by atomic mass is 16.4. The molecule has 1 aromatic heterocycles. The lowest BCUT2D eigenvalue weighted by molar-refractivity contribution is -0.136. The van der Waals surface area contributed by atoms with Crippen molar-refractivity contribution in [1.82, 2.24) is 9.55 Å². The lowest BCUT2D eigenvalue weighted by Gasteiger charge is -2.22. The van der Waals surface area contributed by atoms with Gasteiger partial charge in [-0.1, -0.05) is 27.2 Å². The maximum atomic E-state index is 12.2. The number of carbonyl (C=O) groups is 1. The Bertz CT molecular complexity index is 535. The molecule has 0 radical (unpaired) electrons. The molecular weight excluding hydrogens is 256 g/mol. The summed E-state index contributed by atoms with van der Waals surface area (Å²) in [6.45, 7) is 7.90. The number of nitrogens with zero attached hydrogens (tertiary/aromatic N) is 2. The number of rotatable bonds is 7. The topological polar surface area (TPSA) is 72.2 Å². The van der Waals surface area contributed by atoms with E-state index in [1.165, 1.54) is 0 Å². The smallest absolute Gasteiger partial charge is 0.348 e. The van der Waals surface area contributed by atoms with Gasteiger partial charge in [0, 0.05) is 17.3 Å². The van der Waals surface area contributed by atoms with Gasteiger partial charge in [0.2, 0.25) is 0 Å². The van der Waals surface area contributed by atoms with E-state index in [0.717, 1.165) is 18.5 Å². The summed E-state index contributed by atoms with van der Waals surface area (Å²) >= 11 is 0. The van der Waals surface area contributed by atoms with Crippen molar-refractivity contribution in [3.05, 3.63) is 27.4 Å². The van der Waals surface area contributed by atoms with Crippen LogP contribution in [0.25, 0.3) is 0 Å². The molecule has 112 valence electrons. The van der Waals surface area contributed by atoms with Gasteiger partial charge in [-0.05, 0) is 26.2 Å². The molecule has 5 heteroatoms. The van der Waals surface area contributed by atoms with Gasteiger partial charge in [0.15, 0.2) is 0 Å². The number of carboxylic acids is 1. The van der Waals surface area contributed by atoms with Crippen LogP contribution >= 0.6 is 0 Å². The number of hydrogen-bond acceptors (Lipinski definition) is 3. The van der Waals surface area contributed by atoms with Crippen molar-refractivity contribution in [2.24, 2.45) is 0 Å². The predicted octanol–water partition coefficient (Wildman–Crippen LogP) is 2.36. The van der Waals surface area contributed by atoms with E-state index in [2.05, 4.69) is 11.9 Å². The second kappa shape index (κ2) is 7.22. The molecule has 0 fully saturated rings. The van der Waals surface area contributed by atoms with E-state index < -0.39 is 5.97 Å². The molecule has 0 aliphatic carbocycles. The van der Waals surface area contributed by atoms with Crippen LogP contribution in [-0.4, -0.2) is 20.6 Å². The number of carboxylic acid groups (broad SMARTS) is 1. The first-order chi connectivity index (χ1) is 9.46. The van der Waals surface area contributed by atoms with Crippen LogP contribution < -0.4 is 5.69 Å². The molecule has 1 unspecified atom stereocenters. The Labute approximate surface area is 119 Å². The zero-order valence-corrected chi connectivity index (χ0v) is 12.8. The fraction of sp³-hybridized carbons (Fsp3) is 0.667. The van der Waals surface area contributed by atoms with Crippen molar-refractivity contribution < 1.29 is 9.90 Å². The molecule has 0 amide bonds. The van der Waals surface area contributed by atoms with Crippen LogP contribution in [0, 0.1) is 0 Å². The summed E-state index contributed by atoms with van der Waals surface area (Å²) in [5.41, 5.74) is 1.90. The molecule has 0 bridgehead atoms. The van der Waals surface area contributed by atoms with Gasteiger partial charge in [0.1, 0.15) is 0 Å². The van der Waals surface area contributed by atoms with Gasteiger partial charge in [-0.3, -0.25) is 9.36 Å². The molecule has 20 heavy (non-hydrogen) atoms. The largest absolute Gasteiger partial charge is 0.481 e. The van der Waals surface area contributed by atoms with Gasteiger partial charge in [0.05, 0.1) is 12.1 Å². The molecule has 0 aliphatic rings. The zero-order valence-electron chi connectivity index (χ0n) is 12.8. The Morgan fingerprint density at radius 1 is 1.30 bits per heavy atom. The minimum Gasteiger partial charge on any atom is -0.481 e. The summed E-state index contributed by atoms with van der Waals surface area (Å²) in [6.07, 6.45) is 3.00. The summed E-state index contributed by atoms with van der Waals surface area (Å²) in [7, 11) is 0. The minimum atomic E-state index is -0.885. The summed E-state index contributed by atoms with van der Waals surface area (Å²) in [4.78, 5) is 27.4. The summed E-state index contributed by atoms with van der Waals surface area (Å²) in [5, 5.41) is 9.09. The third kappa shape index (κ3) is 3.46. The van der Waals surface area contributed by atoms with E-state index in [1.807, 2.05) is 20.8 Å². The summed E-state index contributed by atoms with van der Waals surface area (Å²) in [6, 6.07) is 0.0494. The third-order valence-electron chi connectivity index (χ3n) is 3.57. The molecule has 1 N–H and O–H groups in total. The highest BCUT2D eigenvalue weighted by Crippen LogP contribution is 2.19. The van der Waals surface area contributed by atoms with Crippen LogP contribution in [0.1, 0.15) is 63.5 Å². The molecule has 0 saturated carbocycles. The first kappa shape index (κ1) is 16.4. The first-order valence-electron chi connectivity index (χ1n) is 7.31. The van der Waals surface area contributed by atoms with Gasteiger partial charge >= 0.3 is 11.7 Å². The van der Waals surface area contributed by atoms with Crippen molar-refractivity contribution in [3.63, 3.8) is 0 Å². The Kier molecular flexibility index (Phi) is 5.92. The number of aryl methyl sites for hydroxylation is 1. The Morgan fingerprint density at radius 3 is 2.40 bits per heavy atom. The van der Waals surface area contributed by atoms with E-state index >= 15 is 0 Å². The normalized spacial score (nSPS) is 12.4. The van der Waals surface area contributed by atoms with Crippen LogP contribution in [0.2, 0.25) is 0 Å². The minimum absolute atomic E-state index is 0.0494. The highest BCUT2D eigenvalue weighted by molar-refractivity contribution is 5.71. The number of hydrogen-bond donors (Lipinski definition) is 1. The molecule has 0 aliphatic heterocycles. The fourth-order valence-electron chi connectivity index (χ4n) is 2.70. The van der Waals surface area contributed by atoms with Gasteiger partial charge < -0.3 is 5.11 Å². The van der Waals surface area contributed by atoms with Gasteiger partial charge in [-0.2, -0.15) is 4.98 Å². The van der Waals surface area contributed by atoms with Gasteiger partial charge in [-0.15, -0.1) is 0 Å². The summed E-state index contributed by atoms with van der Waals surface area (Å²) in [5.74, 6) is -0.885. The van der Waals surface area contributed by atoms with Crippen LogP contribution in [0.5, 0.6) is 0 Å². The lowest BCUT2D eigenvalue weighted by atomic mass is 10.0. The van der Waals surface area contributed by atoms with Crippen LogP contribution in [0.15, 0.2) is 4.79 Å². The van der Waals surface area contributed by atoms with Crippen molar-refractivity contribution in [2.45, 2.75) is 65.8 Å². The number of aliphatic carboxylic acids is 1. The van der Waals surface area contributed by atoms with Crippen molar-refractivity contribution >= 4 is 5.97 Å². The van der Waals surface area contributed by atoms with Crippen molar-refractivity contribution in [1.29, 1.82) is 0 Å². The molecule has 1 rings (SSSR count). The van der Waals surface area contributed by atoms with Gasteiger partial charge in [0.25, 0.3) is 0 Å². The average Bonchev–Trinajstić information content (AvgIpc) is 2.39. The molecule has 0 saturated heterocycles. The van der Waals surface area contributed by atoms with E-state index in [0.29, 0.717) is 24.1 Å². The molecule has 0 aromatic carbocycles. The van der Waals surface area contributed by atoms with Crippen molar-refractivity contribution in [3.8, 4) is 0 Å². The van der Waals surface area contributed by atoms with Crippen LogP contribution in [-0.2, 0) is 24.1 Å². The average molecular weight is 280 g/mol. The highest BCUT2D eigenvalue weighted by Gasteiger charge is 2.19. The first-order valence-corrected chi connectivity index (χ1v) is 7.31. The molecule has 5 nitrogen and oxygen atoms in total. The van der Waals surface area contributed by atoms with E-state index in [4.69, 9.17) is 5.11 Å². The second-order valence-electron chi connectivity index (χ2n) is 5.05. The van der Waals surface area contributed by atoms with E-state index in [1.54, 1.807) is 4.57 Å². The molecular formula is C15H24N2O3. The lowest BCUT2D eigenvalue weighted by Crippen LogP contribution is -2.32. The molecule has 1 atom stereocenters. The molecule has 1 aromatic rings. The SMILES string of the molecule is CCCC(C)n1c(CC)c(CC(=O)O)c(CC)nc1=O. The quantitative estimate of drug-likeness (QED) is 0.832. The predicted molar refractivity (Wildman–Crippen MR) is 78.2 cm³/mol. The Morgan fingerprint density at radius 2 is 1.95 bits per heavy atom. The van der Waals surface area contributed by atoms with E-state index in [9.17, 15) is 9.59 Å². The summed E-state index contributed by atoms with van der Waals surface area (Å²) < 4.78 is 1.68. The maximum absolute atomic E-state index is 12.2. The van der Waals surface area contributed by atoms with Crippen LogP contribution in [0.4, 0.5) is 0 Å². The Balaban J connectivity index is 3.51. The molecule has 0 spiro atoms. The van der Waals surface area contributed by atoms with Crippen LogP contribution in [0.3, 0.4) is 0 Å².